The van der Waals surface area contributed by atoms with Crippen LogP contribution in [0, 0.1) is 0 Å². The second-order valence-corrected chi connectivity index (χ2v) is 8.83. The number of amides is 1. The minimum Gasteiger partial charge on any atom is -0.337 e. The molecule has 3 aromatic heterocycles. The Balaban J connectivity index is 1.56. The molecule has 4 rings (SSSR count). The summed E-state index contributed by atoms with van der Waals surface area (Å²) in [7, 11) is 0. The molecular weight excluding hydrogens is 410 g/mol. The van der Waals surface area contributed by atoms with Gasteiger partial charge < -0.3 is 14.6 Å². The van der Waals surface area contributed by atoms with Crippen LogP contribution >= 0.6 is 11.6 Å². The Bertz CT molecular complexity index is 1010. The van der Waals surface area contributed by atoms with Crippen LogP contribution in [-0.4, -0.2) is 44.3 Å². The molecular formula is C24H30ClN5O. The molecule has 1 fully saturated rings. The fourth-order valence-corrected chi connectivity index (χ4v) is 4.38. The number of hydrogen-bond donors (Lipinski definition) is 1. The van der Waals surface area contributed by atoms with E-state index in [-0.39, 0.29) is 11.9 Å². The van der Waals surface area contributed by atoms with Crippen molar-refractivity contribution < 1.29 is 4.79 Å². The van der Waals surface area contributed by atoms with E-state index in [0.717, 1.165) is 43.7 Å². The first kappa shape index (κ1) is 21.8. The maximum atomic E-state index is 13.5. The van der Waals surface area contributed by atoms with Crippen LogP contribution in [0.2, 0.25) is 5.02 Å². The molecule has 0 spiro atoms. The number of halogens is 1. The molecule has 31 heavy (non-hydrogen) atoms. The smallest absolute Gasteiger partial charge is 0.274 e. The fourth-order valence-electron chi connectivity index (χ4n) is 4.22. The van der Waals surface area contributed by atoms with Gasteiger partial charge in [-0.3, -0.25) is 9.78 Å². The maximum Gasteiger partial charge on any atom is 0.274 e. The Morgan fingerprint density at radius 3 is 2.68 bits per heavy atom. The molecule has 6 nitrogen and oxygen atoms in total. The van der Waals surface area contributed by atoms with E-state index in [1.807, 2.05) is 39.9 Å². The van der Waals surface area contributed by atoms with Crippen molar-refractivity contribution in [3.8, 4) is 0 Å². The molecule has 0 aliphatic carbocycles. The standard InChI is InChI=1S/C24H30ClN5O/c1-18(14-19-8-7-11-26-15-19)27-16-21-23(28-22-10-9-20(25)17-30(21)22)24(31)29-12-5-3-2-4-6-13-29/h7-11,15,17-18,27H,2-6,12-14,16H2,1H3/t18-/m0/s1. The number of pyridine rings is 2. The van der Waals surface area contributed by atoms with Crippen LogP contribution in [0.25, 0.3) is 5.65 Å². The highest BCUT2D eigenvalue weighted by Gasteiger charge is 2.24. The third kappa shape index (κ3) is 5.43. The van der Waals surface area contributed by atoms with Gasteiger partial charge in [0.05, 0.1) is 10.7 Å². The van der Waals surface area contributed by atoms with E-state index in [2.05, 4.69) is 23.3 Å². The summed E-state index contributed by atoms with van der Waals surface area (Å²) in [6, 6.07) is 7.94. The second-order valence-electron chi connectivity index (χ2n) is 8.39. The number of aromatic nitrogens is 3. The van der Waals surface area contributed by atoms with Gasteiger partial charge >= 0.3 is 0 Å². The van der Waals surface area contributed by atoms with Crippen molar-refractivity contribution in [1.82, 2.24) is 24.6 Å². The van der Waals surface area contributed by atoms with Crippen LogP contribution in [0.4, 0.5) is 0 Å². The Morgan fingerprint density at radius 2 is 1.94 bits per heavy atom. The van der Waals surface area contributed by atoms with Crippen molar-refractivity contribution in [2.45, 2.75) is 58.0 Å². The van der Waals surface area contributed by atoms with E-state index in [1.165, 1.54) is 24.8 Å². The SMILES string of the molecule is C[C@@H](Cc1cccnc1)NCc1c(C(=O)N2CCCCCCC2)nc2ccc(Cl)cn12. The Kier molecular flexibility index (Phi) is 7.20. The molecule has 0 aromatic carbocycles. The number of hydrogen-bond acceptors (Lipinski definition) is 4. The Hall–Kier alpha value is -2.44. The first-order valence-electron chi connectivity index (χ1n) is 11.2. The number of carbonyl (C=O) groups excluding carboxylic acids is 1. The predicted octanol–water partition coefficient (Wildman–Crippen LogP) is 4.51. The molecule has 164 valence electrons. The quantitative estimate of drug-likeness (QED) is 0.613. The van der Waals surface area contributed by atoms with Crippen LogP contribution in [0.5, 0.6) is 0 Å². The normalized spacial score (nSPS) is 16.1. The summed E-state index contributed by atoms with van der Waals surface area (Å²) < 4.78 is 1.95. The van der Waals surface area contributed by atoms with Gasteiger partial charge in [-0.1, -0.05) is 36.9 Å². The van der Waals surface area contributed by atoms with Crippen LogP contribution in [0.15, 0.2) is 42.9 Å². The zero-order chi connectivity index (χ0) is 21.6. The molecule has 4 heterocycles. The topological polar surface area (TPSA) is 62.5 Å². The zero-order valence-electron chi connectivity index (χ0n) is 18.1. The van der Waals surface area contributed by atoms with Gasteiger partial charge in [-0.2, -0.15) is 0 Å². The number of rotatable bonds is 6. The van der Waals surface area contributed by atoms with Crippen LogP contribution in [0.3, 0.4) is 0 Å². The Morgan fingerprint density at radius 1 is 1.16 bits per heavy atom. The summed E-state index contributed by atoms with van der Waals surface area (Å²) in [6.07, 6.45) is 12.1. The Labute approximate surface area is 188 Å². The van der Waals surface area contributed by atoms with Crippen LogP contribution in [-0.2, 0) is 13.0 Å². The van der Waals surface area contributed by atoms with E-state index in [1.54, 1.807) is 6.20 Å². The highest BCUT2D eigenvalue weighted by molar-refractivity contribution is 6.30. The van der Waals surface area contributed by atoms with Gasteiger partial charge in [-0.05, 0) is 49.9 Å². The number of likely N-dealkylation sites (tertiary alicyclic amines) is 1. The first-order valence-corrected chi connectivity index (χ1v) is 11.6. The number of imidazole rings is 1. The van der Waals surface area contributed by atoms with E-state index < -0.39 is 0 Å². The molecule has 1 atom stereocenters. The molecule has 0 bridgehead atoms. The van der Waals surface area contributed by atoms with Gasteiger partial charge in [0.1, 0.15) is 5.65 Å². The molecule has 1 saturated heterocycles. The van der Waals surface area contributed by atoms with Gasteiger partial charge in [0, 0.05) is 44.3 Å². The summed E-state index contributed by atoms with van der Waals surface area (Å²) in [5, 5.41) is 4.19. The summed E-state index contributed by atoms with van der Waals surface area (Å²) >= 11 is 6.27. The van der Waals surface area contributed by atoms with Gasteiger partial charge in [0.25, 0.3) is 5.91 Å². The summed E-state index contributed by atoms with van der Waals surface area (Å²) in [5.41, 5.74) is 3.32. The lowest BCUT2D eigenvalue weighted by Crippen LogP contribution is -2.35. The average Bonchev–Trinajstić information content (AvgIpc) is 3.10. The third-order valence-corrected chi connectivity index (χ3v) is 6.13. The van der Waals surface area contributed by atoms with Crippen molar-refractivity contribution in [2.24, 2.45) is 0 Å². The van der Waals surface area contributed by atoms with Crippen molar-refractivity contribution in [1.29, 1.82) is 0 Å². The lowest BCUT2D eigenvalue weighted by Gasteiger charge is -2.24. The van der Waals surface area contributed by atoms with Gasteiger partial charge in [-0.25, -0.2) is 4.98 Å². The van der Waals surface area contributed by atoms with Crippen molar-refractivity contribution in [3.05, 3.63) is 64.8 Å². The van der Waals surface area contributed by atoms with Gasteiger partial charge in [0.15, 0.2) is 5.69 Å². The van der Waals surface area contributed by atoms with Crippen LogP contribution in [0.1, 0.15) is 60.8 Å². The van der Waals surface area contributed by atoms with E-state index >= 15 is 0 Å². The molecule has 1 aliphatic rings. The fraction of sp³-hybridized carbons (Fsp3) is 0.458. The molecule has 1 N–H and O–H groups in total. The summed E-state index contributed by atoms with van der Waals surface area (Å²) in [6.45, 7) is 4.29. The average molecular weight is 440 g/mol. The molecule has 0 saturated carbocycles. The van der Waals surface area contributed by atoms with E-state index in [4.69, 9.17) is 16.6 Å². The van der Waals surface area contributed by atoms with Gasteiger partial charge in [0.2, 0.25) is 0 Å². The van der Waals surface area contributed by atoms with Crippen LogP contribution < -0.4 is 5.32 Å². The van der Waals surface area contributed by atoms with Crippen molar-refractivity contribution in [3.63, 3.8) is 0 Å². The first-order chi connectivity index (χ1) is 15.1. The largest absolute Gasteiger partial charge is 0.337 e. The molecule has 1 aliphatic heterocycles. The molecule has 3 aromatic rings. The highest BCUT2D eigenvalue weighted by atomic mass is 35.5. The number of nitrogens with zero attached hydrogens (tertiary/aromatic N) is 4. The summed E-state index contributed by atoms with van der Waals surface area (Å²) in [4.78, 5) is 24.3. The summed E-state index contributed by atoms with van der Waals surface area (Å²) in [5.74, 6) is 0.0263. The zero-order valence-corrected chi connectivity index (χ0v) is 18.8. The van der Waals surface area contributed by atoms with Gasteiger partial charge in [-0.15, -0.1) is 0 Å². The lowest BCUT2D eigenvalue weighted by molar-refractivity contribution is 0.0735. The lowest BCUT2D eigenvalue weighted by atomic mass is 10.1. The predicted molar refractivity (Wildman–Crippen MR) is 123 cm³/mol. The van der Waals surface area contributed by atoms with E-state index in [9.17, 15) is 4.79 Å². The van der Waals surface area contributed by atoms with Crippen molar-refractivity contribution >= 4 is 23.2 Å². The monoisotopic (exact) mass is 439 g/mol. The van der Waals surface area contributed by atoms with E-state index in [0.29, 0.717) is 17.3 Å². The second kappa shape index (κ2) is 10.2. The molecule has 0 radical (unpaired) electrons. The number of fused-ring (bicyclic) bond motifs is 1. The minimum atomic E-state index is 0.0263. The van der Waals surface area contributed by atoms with Crippen molar-refractivity contribution in [2.75, 3.05) is 13.1 Å². The highest BCUT2D eigenvalue weighted by Crippen LogP contribution is 2.20. The molecule has 1 amide bonds. The molecule has 0 unspecified atom stereocenters. The molecule has 7 heteroatoms. The minimum absolute atomic E-state index is 0.0263. The number of nitrogens with one attached hydrogen (secondary N) is 1. The third-order valence-electron chi connectivity index (χ3n) is 5.91. The number of carbonyl (C=O) groups is 1. The maximum absolute atomic E-state index is 13.5.